The van der Waals surface area contributed by atoms with Crippen LogP contribution in [0.2, 0.25) is 0 Å². The molecule has 1 saturated heterocycles. The Bertz CT molecular complexity index is 1250. The van der Waals surface area contributed by atoms with Gasteiger partial charge in [0.25, 0.3) is 11.7 Å². The van der Waals surface area contributed by atoms with E-state index in [4.69, 9.17) is 9.47 Å². The number of benzene rings is 3. The zero-order valence-electron chi connectivity index (χ0n) is 18.2. The molecule has 1 atom stereocenters. The van der Waals surface area contributed by atoms with Crippen LogP contribution in [0, 0.1) is 6.92 Å². The van der Waals surface area contributed by atoms with E-state index in [9.17, 15) is 14.7 Å². The molecule has 1 N–H and O–H groups in total. The largest absolute Gasteiger partial charge is 0.507 e. The summed E-state index contributed by atoms with van der Waals surface area (Å²) in [5, 5.41) is 11.3. The summed E-state index contributed by atoms with van der Waals surface area (Å²) in [6, 6.07) is 21.4. The van der Waals surface area contributed by atoms with Gasteiger partial charge in [-0.3, -0.25) is 9.59 Å². The molecule has 1 fully saturated rings. The van der Waals surface area contributed by atoms with Crippen LogP contribution < -0.4 is 9.47 Å². The van der Waals surface area contributed by atoms with E-state index >= 15 is 0 Å². The molecule has 0 saturated carbocycles. The Labute approximate surface area is 191 Å². The number of Topliss-reactive ketones (excluding diaryl/α,β-unsaturated/α-hetero) is 1. The fourth-order valence-electron chi connectivity index (χ4n) is 4.26. The van der Waals surface area contributed by atoms with Crippen molar-refractivity contribution in [3.05, 3.63) is 101 Å². The van der Waals surface area contributed by atoms with Crippen LogP contribution in [-0.2, 0) is 16.1 Å². The van der Waals surface area contributed by atoms with Gasteiger partial charge in [0.15, 0.2) is 11.5 Å². The van der Waals surface area contributed by atoms with E-state index in [1.54, 1.807) is 18.2 Å². The van der Waals surface area contributed by atoms with Gasteiger partial charge in [0.05, 0.1) is 11.6 Å². The summed E-state index contributed by atoms with van der Waals surface area (Å²) in [6.07, 6.45) is 0. The van der Waals surface area contributed by atoms with Crippen LogP contribution in [0.1, 0.15) is 28.3 Å². The molecule has 2 aliphatic heterocycles. The second kappa shape index (κ2) is 8.47. The van der Waals surface area contributed by atoms with E-state index in [1.165, 1.54) is 4.90 Å². The third-order valence-corrected chi connectivity index (χ3v) is 5.94. The van der Waals surface area contributed by atoms with Crippen molar-refractivity contribution in [2.45, 2.75) is 19.5 Å². The Hall–Kier alpha value is -4.06. The number of likely N-dealkylation sites (tertiary alicyclic amines) is 1. The summed E-state index contributed by atoms with van der Waals surface area (Å²) < 4.78 is 11.2. The molecular weight excluding hydrogens is 418 g/mol. The predicted molar refractivity (Wildman–Crippen MR) is 123 cm³/mol. The average molecular weight is 441 g/mol. The van der Waals surface area contributed by atoms with Gasteiger partial charge < -0.3 is 19.5 Å². The van der Waals surface area contributed by atoms with E-state index in [-0.39, 0.29) is 17.9 Å². The number of carbonyl (C=O) groups is 2. The predicted octanol–water partition coefficient (Wildman–Crippen LogP) is 4.39. The topological polar surface area (TPSA) is 76.1 Å². The van der Waals surface area contributed by atoms with Gasteiger partial charge in [0, 0.05) is 12.1 Å². The fraction of sp³-hybridized carbons (Fsp3) is 0.185. The number of aliphatic hydroxyl groups excluding tert-OH is 1. The number of amides is 1. The zero-order chi connectivity index (χ0) is 22.9. The minimum Gasteiger partial charge on any atom is -0.507 e. The lowest BCUT2D eigenvalue weighted by atomic mass is 9.94. The van der Waals surface area contributed by atoms with Crippen LogP contribution >= 0.6 is 0 Å². The highest BCUT2D eigenvalue weighted by Gasteiger charge is 2.46. The maximum atomic E-state index is 13.2. The van der Waals surface area contributed by atoms with Crippen LogP contribution in [-0.4, -0.2) is 34.9 Å². The molecule has 5 rings (SSSR count). The van der Waals surface area contributed by atoms with Crippen molar-refractivity contribution >= 4 is 17.4 Å². The molecular formula is C27H23NO5. The van der Waals surface area contributed by atoms with Crippen LogP contribution in [0.5, 0.6) is 11.5 Å². The Balaban J connectivity index is 1.63. The number of aryl methyl sites for hydroxylation is 1. The quantitative estimate of drug-likeness (QED) is 0.369. The number of ketones is 1. The highest BCUT2D eigenvalue weighted by molar-refractivity contribution is 6.46. The normalized spacial score (nSPS) is 19.1. The molecule has 3 aromatic carbocycles. The van der Waals surface area contributed by atoms with Gasteiger partial charge in [0.1, 0.15) is 19.0 Å². The fourth-order valence-corrected chi connectivity index (χ4v) is 4.26. The van der Waals surface area contributed by atoms with Crippen LogP contribution in [0.4, 0.5) is 0 Å². The van der Waals surface area contributed by atoms with Crippen molar-refractivity contribution < 1.29 is 24.2 Å². The molecule has 1 amide bonds. The number of fused-ring (bicyclic) bond motifs is 1. The second-order valence-electron chi connectivity index (χ2n) is 8.18. The number of carbonyl (C=O) groups excluding carboxylic acids is 2. The SMILES string of the molecule is Cc1ccc([C@H]2C(=C(O)c3ccc4c(c3)OCCO4)C(=O)C(=O)N2Cc2ccccc2)cc1. The summed E-state index contributed by atoms with van der Waals surface area (Å²) in [5.41, 5.74) is 3.18. The minimum absolute atomic E-state index is 0.0662. The highest BCUT2D eigenvalue weighted by atomic mass is 16.6. The maximum absolute atomic E-state index is 13.2. The second-order valence-corrected chi connectivity index (χ2v) is 8.18. The van der Waals surface area contributed by atoms with E-state index in [2.05, 4.69) is 0 Å². The standard InChI is InChI=1S/C27H23NO5/c1-17-7-9-19(10-8-17)24-23(25(29)20-11-12-21-22(15-20)33-14-13-32-21)26(30)27(31)28(24)16-18-5-3-2-4-6-18/h2-12,15,24,29H,13-14,16H2,1H3/t24-/m0/s1. The van der Waals surface area contributed by atoms with Crippen molar-refractivity contribution in [1.29, 1.82) is 0 Å². The minimum atomic E-state index is -0.709. The van der Waals surface area contributed by atoms with E-state index in [0.717, 1.165) is 16.7 Å². The number of hydrogen-bond donors (Lipinski definition) is 1. The molecule has 0 aliphatic carbocycles. The number of hydrogen-bond acceptors (Lipinski definition) is 5. The first kappa shape index (κ1) is 20.8. The summed E-state index contributed by atoms with van der Waals surface area (Å²) in [6.45, 7) is 3.08. The number of aliphatic hydroxyl groups is 1. The van der Waals surface area contributed by atoms with Gasteiger partial charge in [-0.25, -0.2) is 0 Å². The van der Waals surface area contributed by atoms with E-state index in [0.29, 0.717) is 30.3 Å². The molecule has 0 radical (unpaired) electrons. The molecule has 6 heteroatoms. The molecule has 0 aromatic heterocycles. The smallest absolute Gasteiger partial charge is 0.295 e. The molecule has 33 heavy (non-hydrogen) atoms. The van der Waals surface area contributed by atoms with Gasteiger partial charge in [-0.1, -0.05) is 60.2 Å². The first-order chi connectivity index (χ1) is 16.0. The molecule has 0 spiro atoms. The molecule has 0 bridgehead atoms. The van der Waals surface area contributed by atoms with Crippen LogP contribution in [0.3, 0.4) is 0 Å². The number of ether oxygens (including phenoxy) is 2. The lowest BCUT2D eigenvalue weighted by molar-refractivity contribution is -0.140. The third kappa shape index (κ3) is 3.84. The number of nitrogens with zero attached hydrogens (tertiary/aromatic N) is 1. The van der Waals surface area contributed by atoms with Gasteiger partial charge >= 0.3 is 0 Å². The Morgan fingerprint density at radius 1 is 0.939 bits per heavy atom. The summed E-state index contributed by atoms with van der Waals surface area (Å²) >= 11 is 0. The maximum Gasteiger partial charge on any atom is 0.295 e. The van der Waals surface area contributed by atoms with Crippen LogP contribution in [0.25, 0.3) is 5.76 Å². The lowest BCUT2D eigenvalue weighted by Crippen LogP contribution is -2.29. The summed E-state index contributed by atoms with van der Waals surface area (Å²) in [5.74, 6) is -0.494. The molecule has 166 valence electrons. The average Bonchev–Trinajstić information content (AvgIpc) is 3.09. The van der Waals surface area contributed by atoms with Crippen molar-refractivity contribution in [3.63, 3.8) is 0 Å². The Kier molecular flexibility index (Phi) is 5.34. The van der Waals surface area contributed by atoms with E-state index in [1.807, 2.05) is 61.5 Å². The highest BCUT2D eigenvalue weighted by Crippen LogP contribution is 2.41. The van der Waals surface area contributed by atoms with Gasteiger partial charge in [-0.15, -0.1) is 0 Å². The van der Waals surface area contributed by atoms with Crippen LogP contribution in [0.15, 0.2) is 78.4 Å². The van der Waals surface area contributed by atoms with Gasteiger partial charge in [0.2, 0.25) is 0 Å². The monoisotopic (exact) mass is 441 g/mol. The third-order valence-electron chi connectivity index (χ3n) is 5.94. The first-order valence-corrected chi connectivity index (χ1v) is 10.8. The lowest BCUT2D eigenvalue weighted by Gasteiger charge is -2.25. The first-order valence-electron chi connectivity index (χ1n) is 10.8. The Morgan fingerprint density at radius 2 is 1.64 bits per heavy atom. The molecule has 6 nitrogen and oxygen atoms in total. The van der Waals surface area contributed by atoms with Gasteiger partial charge in [-0.05, 0) is 36.2 Å². The van der Waals surface area contributed by atoms with Gasteiger partial charge in [-0.2, -0.15) is 0 Å². The summed E-state index contributed by atoms with van der Waals surface area (Å²) in [7, 11) is 0. The molecule has 2 heterocycles. The molecule has 0 unspecified atom stereocenters. The molecule has 3 aromatic rings. The number of rotatable bonds is 4. The van der Waals surface area contributed by atoms with E-state index < -0.39 is 17.7 Å². The Morgan fingerprint density at radius 3 is 2.36 bits per heavy atom. The summed E-state index contributed by atoms with van der Waals surface area (Å²) in [4.78, 5) is 27.8. The van der Waals surface area contributed by atoms with Crippen molar-refractivity contribution in [3.8, 4) is 11.5 Å². The molecule has 2 aliphatic rings. The zero-order valence-corrected chi connectivity index (χ0v) is 18.2. The van der Waals surface area contributed by atoms with Crippen molar-refractivity contribution in [1.82, 2.24) is 4.90 Å². The van der Waals surface area contributed by atoms with Crippen molar-refractivity contribution in [2.24, 2.45) is 0 Å². The van der Waals surface area contributed by atoms with Crippen molar-refractivity contribution in [2.75, 3.05) is 13.2 Å².